The fraction of sp³-hybridized carbons (Fsp3) is 0.611. The molecule has 1 atom stereocenters. The van der Waals surface area contributed by atoms with E-state index in [2.05, 4.69) is 5.32 Å². The maximum Gasteiger partial charge on any atom is 0.224 e. The molecule has 8 heteroatoms. The molecule has 0 aromatic heterocycles. The summed E-state index contributed by atoms with van der Waals surface area (Å²) in [6, 6.07) is 5.99. The third-order valence-electron chi connectivity index (χ3n) is 5.21. The van der Waals surface area contributed by atoms with E-state index in [1.165, 1.54) is 12.1 Å². The van der Waals surface area contributed by atoms with Crippen LogP contribution in [0, 0.1) is 5.82 Å². The Morgan fingerprint density at radius 1 is 1.27 bits per heavy atom. The summed E-state index contributed by atoms with van der Waals surface area (Å²) in [6.45, 7) is 1.71. The molecule has 1 aromatic rings. The SMILES string of the molecule is Cl.O=C(CCS(=O)(=O)C1CCCC1)N1CCNCC1c1cccc(F)c1. The molecule has 1 saturated heterocycles. The average Bonchev–Trinajstić information content (AvgIpc) is 3.15. The Bertz CT molecular complexity index is 723. The van der Waals surface area contributed by atoms with Crippen LogP contribution in [-0.4, -0.2) is 49.9 Å². The number of carbonyl (C=O) groups is 1. The molecule has 0 bridgehead atoms. The lowest BCUT2D eigenvalue weighted by molar-refractivity contribution is -0.134. The monoisotopic (exact) mass is 404 g/mol. The number of carbonyl (C=O) groups excluding carboxylic acids is 1. The number of hydrogen-bond acceptors (Lipinski definition) is 4. The number of benzene rings is 1. The summed E-state index contributed by atoms with van der Waals surface area (Å²) in [5.74, 6) is -0.590. The second-order valence-corrected chi connectivity index (χ2v) is 9.29. The van der Waals surface area contributed by atoms with Gasteiger partial charge in [-0.2, -0.15) is 0 Å². The van der Waals surface area contributed by atoms with Crippen LogP contribution < -0.4 is 5.32 Å². The summed E-state index contributed by atoms with van der Waals surface area (Å²) in [4.78, 5) is 14.4. The largest absolute Gasteiger partial charge is 0.333 e. The molecule has 1 unspecified atom stereocenters. The van der Waals surface area contributed by atoms with Crippen LogP contribution in [0.3, 0.4) is 0 Å². The predicted octanol–water partition coefficient (Wildman–Crippen LogP) is 2.47. The van der Waals surface area contributed by atoms with Crippen LogP contribution in [0.25, 0.3) is 0 Å². The molecular weight excluding hydrogens is 379 g/mol. The summed E-state index contributed by atoms with van der Waals surface area (Å²) >= 11 is 0. The minimum atomic E-state index is -3.21. The molecule has 1 heterocycles. The number of nitrogens with zero attached hydrogens (tertiary/aromatic N) is 1. The number of piperazine rings is 1. The smallest absolute Gasteiger partial charge is 0.224 e. The summed E-state index contributed by atoms with van der Waals surface area (Å²) in [5.41, 5.74) is 0.735. The van der Waals surface area contributed by atoms with Gasteiger partial charge in [0.1, 0.15) is 5.82 Å². The summed E-state index contributed by atoms with van der Waals surface area (Å²) < 4.78 is 38.3. The fourth-order valence-corrected chi connectivity index (χ4v) is 5.65. The van der Waals surface area contributed by atoms with Crippen molar-refractivity contribution in [2.75, 3.05) is 25.4 Å². The predicted molar refractivity (Wildman–Crippen MR) is 102 cm³/mol. The van der Waals surface area contributed by atoms with Crippen molar-refractivity contribution < 1.29 is 17.6 Å². The van der Waals surface area contributed by atoms with Gasteiger partial charge in [-0.25, -0.2) is 12.8 Å². The van der Waals surface area contributed by atoms with E-state index >= 15 is 0 Å². The zero-order chi connectivity index (χ0) is 17.9. The molecule has 146 valence electrons. The second-order valence-electron chi connectivity index (χ2n) is 6.89. The van der Waals surface area contributed by atoms with Gasteiger partial charge in [0.2, 0.25) is 5.91 Å². The third-order valence-corrected chi connectivity index (χ3v) is 7.47. The zero-order valence-electron chi connectivity index (χ0n) is 14.7. The minimum Gasteiger partial charge on any atom is -0.333 e. The molecular formula is C18H26ClFN2O3S. The number of rotatable bonds is 5. The Morgan fingerprint density at radius 2 is 2.00 bits per heavy atom. The fourth-order valence-electron chi connectivity index (χ4n) is 3.80. The van der Waals surface area contributed by atoms with Crippen LogP contribution in [0.2, 0.25) is 0 Å². The van der Waals surface area contributed by atoms with Gasteiger partial charge in [0.15, 0.2) is 9.84 Å². The van der Waals surface area contributed by atoms with Crippen LogP contribution in [0.15, 0.2) is 24.3 Å². The highest BCUT2D eigenvalue weighted by Gasteiger charge is 2.32. The normalized spacial score (nSPS) is 21.4. The lowest BCUT2D eigenvalue weighted by Gasteiger charge is -2.36. The first kappa shape index (κ1) is 21.1. The summed E-state index contributed by atoms with van der Waals surface area (Å²) in [5, 5.41) is 2.94. The molecule has 1 aliphatic heterocycles. The number of halogens is 2. The lowest BCUT2D eigenvalue weighted by atomic mass is 10.0. The van der Waals surface area contributed by atoms with Crippen molar-refractivity contribution in [2.45, 2.75) is 43.4 Å². The first-order valence-electron chi connectivity index (χ1n) is 8.94. The molecule has 26 heavy (non-hydrogen) atoms. The van der Waals surface area contributed by atoms with E-state index < -0.39 is 9.84 Å². The minimum absolute atomic E-state index is 0. The van der Waals surface area contributed by atoms with Crippen LogP contribution in [0.5, 0.6) is 0 Å². The quantitative estimate of drug-likeness (QED) is 0.818. The molecule has 0 radical (unpaired) electrons. The van der Waals surface area contributed by atoms with Crippen molar-refractivity contribution in [1.29, 1.82) is 0 Å². The molecule has 1 aliphatic carbocycles. The molecule has 3 rings (SSSR count). The van der Waals surface area contributed by atoms with E-state index in [1.807, 2.05) is 0 Å². The van der Waals surface area contributed by atoms with E-state index in [-0.39, 0.29) is 47.6 Å². The van der Waals surface area contributed by atoms with Gasteiger partial charge in [-0.05, 0) is 30.5 Å². The average molecular weight is 405 g/mol. The second kappa shape index (κ2) is 9.15. The molecule has 1 N–H and O–H groups in total. The van der Waals surface area contributed by atoms with E-state index in [4.69, 9.17) is 0 Å². The Labute approximate surface area is 160 Å². The summed E-state index contributed by atoms with van der Waals surface area (Å²) in [6.07, 6.45) is 3.35. The van der Waals surface area contributed by atoms with Crippen LogP contribution in [0.1, 0.15) is 43.7 Å². The Kier molecular flexibility index (Phi) is 7.43. The van der Waals surface area contributed by atoms with Crippen molar-refractivity contribution in [3.63, 3.8) is 0 Å². The zero-order valence-corrected chi connectivity index (χ0v) is 16.3. The number of sulfone groups is 1. The van der Waals surface area contributed by atoms with Crippen molar-refractivity contribution in [2.24, 2.45) is 0 Å². The van der Waals surface area contributed by atoms with E-state index in [1.54, 1.807) is 17.0 Å². The summed E-state index contributed by atoms with van der Waals surface area (Å²) in [7, 11) is -3.21. The van der Waals surface area contributed by atoms with E-state index in [9.17, 15) is 17.6 Å². The number of nitrogens with one attached hydrogen (secondary N) is 1. The van der Waals surface area contributed by atoms with Crippen molar-refractivity contribution in [3.8, 4) is 0 Å². The van der Waals surface area contributed by atoms with Gasteiger partial charge in [0, 0.05) is 26.1 Å². The number of hydrogen-bond donors (Lipinski definition) is 1. The van der Waals surface area contributed by atoms with Gasteiger partial charge >= 0.3 is 0 Å². The van der Waals surface area contributed by atoms with Crippen LogP contribution >= 0.6 is 12.4 Å². The highest BCUT2D eigenvalue weighted by atomic mass is 35.5. The lowest BCUT2D eigenvalue weighted by Crippen LogP contribution is -2.49. The maximum atomic E-state index is 13.5. The number of amides is 1. The van der Waals surface area contributed by atoms with Crippen molar-refractivity contribution >= 4 is 28.2 Å². The Balaban J connectivity index is 0.00000243. The molecule has 0 spiro atoms. The van der Waals surface area contributed by atoms with Gasteiger partial charge in [-0.1, -0.05) is 25.0 Å². The van der Waals surface area contributed by atoms with Gasteiger partial charge in [-0.3, -0.25) is 4.79 Å². The van der Waals surface area contributed by atoms with Gasteiger partial charge in [-0.15, -0.1) is 12.4 Å². The maximum absolute atomic E-state index is 13.5. The first-order chi connectivity index (χ1) is 12.0. The third kappa shape index (κ3) is 4.96. The van der Waals surface area contributed by atoms with Gasteiger partial charge in [0.25, 0.3) is 0 Å². The van der Waals surface area contributed by atoms with Crippen LogP contribution in [-0.2, 0) is 14.6 Å². The van der Waals surface area contributed by atoms with Gasteiger partial charge in [0.05, 0.1) is 17.0 Å². The van der Waals surface area contributed by atoms with E-state index in [0.29, 0.717) is 19.6 Å². The van der Waals surface area contributed by atoms with Crippen molar-refractivity contribution in [1.82, 2.24) is 10.2 Å². The highest BCUT2D eigenvalue weighted by Crippen LogP contribution is 2.27. The molecule has 2 fully saturated rings. The van der Waals surface area contributed by atoms with E-state index in [0.717, 1.165) is 31.2 Å². The molecule has 2 aliphatic rings. The topological polar surface area (TPSA) is 66.5 Å². The standard InChI is InChI=1S/C18H25FN2O3S.ClH/c19-15-5-3-4-14(12-15)17-13-20-9-10-21(17)18(22)8-11-25(23,24)16-6-1-2-7-16;/h3-5,12,16-17,20H,1-2,6-11,13H2;1H. The van der Waals surface area contributed by atoms with Gasteiger partial charge < -0.3 is 10.2 Å². The van der Waals surface area contributed by atoms with Crippen molar-refractivity contribution in [3.05, 3.63) is 35.6 Å². The molecule has 1 amide bonds. The highest BCUT2D eigenvalue weighted by molar-refractivity contribution is 7.92. The first-order valence-corrected chi connectivity index (χ1v) is 10.7. The molecule has 5 nitrogen and oxygen atoms in total. The Hall–Kier alpha value is -1.18. The van der Waals surface area contributed by atoms with Crippen LogP contribution in [0.4, 0.5) is 4.39 Å². The Morgan fingerprint density at radius 3 is 2.69 bits per heavy atom. The molecule has 1 aromatic carbocycles. The molecule has 1 saturated carbocycles.